The number of aromatic hydroxyl groups is 1. The number of furan rings is 1. The molecule has 0 aliphatic carbocycles. The Morgan fingerprint density at radius 1 is 1.04 bits per heavy atom. The van der Waals surface area contributed by atoms with Gasteiger partial charge in [0.1, 0.15) is 5.76 Å². The molecule has 4 rings (SSSR count). The maximum Gasteiger partial charge on any atom is 0.231 e. The van der Waals surface area contributed by atoms with Crippen molar-refractivity contribution in [3.05, 3.63) is 48.0 Å². The van der Waals surface area contributed by atoms with Crippen LogP contribution in [0, 0.1) is 0 Å². The minimum Gasteiger partial charge on any atom is -0.504 e. The molecule has 0 amide bonds. The van der Waals surface area contributed by atoms with Gasteiger partial charge in [0.15, 0.2) is 22.8 Å². The highest BCUT2D eigenvalue weighted by molar-refractivity contribution is 5.89. The van der Waals surface area contributed by atoms with Crippen LogP contribution in [0.15, 0.2) is 46.9 Å². The highest BCUT2D eigenvalue weighted by Crippen LogP contribution is 2.39. The molecule has 116 valence electrons. The van der Waals surface area contributed by atoms with E-state index < -0.39 is 0 Å². The van der Waals surface area contributed by atoms with Crippen LogP contribution in [0.25, 0.3) is 28.4 Å². The van der Waals surface area contributed by atoms with E-state index in [1.54, 1.807) is 18.2 Å². The maximum absolute atomic E-state index is 10.1. The van der Waals surface area contributed by atoms with Crippen LogP contribution in [0.1, 0.15) is 5.56 Å². The summed E-state index contributed by atoms with van der Waals surface area (Å²) in [4.78, 5) is 0. The topological polar surface area (TPSA) is 72.1 Å². The molecule has 0 saturated heterocycles. The quantitative estimate of drug-likeness (QED) is 0.774. The SMILES string of the molecule is OC/C=C/c1cc(O)c2oc(-c3ccc4c(c3)OCO4)cc2c1. The summed E-state index contributed by atoms with van der Waals surface area (Å²) in [5.74, 6) is 2.09. The molecule has 0 saturated carbocycles. The van der Waals surface area contributed by atoms with Crippen molar-refractivity contribution >= 4 is 17.0 Å². The van der Waals surface area contributed by atoms with E-state index in [9.17, 15) is 5.11 Å². The number of hydrogen-bond donors (Lipinski definition) is 2. The molecule has 0 atom stereocenters. The molecule has 5 heteroatoms. The van der Waals surface area contributed by atoms with E-state index >= 15 is 0 Å². The van der Waals surface area contributed by atoms with Crippen molar-refractivity contribution in [2.45, 2.75) is 0 Å². The predicted octanol–water partition coefficient (Wildman–Crippen LogP) is 3.54. The van der Waals surface area contributed by atoms with E-state index in [1.807, 2.05) is 30.3 Å². The van der Waals surface area contributed by atoms with Crippen molar-refractivity contribution in [3.8, 4) is 28.6 Å². The number of phenols is 1. The second kappa shape index (κ2) is 5.37. The third-order valence-electron chi connectivity index (χ3n) is 3.69. The van der Waals surface area contributed by atoms with Gasteiger partial charge in [0.2, 0.25) is 6.79 Å². The average Bonchev–Trinajstić information content (AvgIpc) is 3.18. The van der Waals surface area contributed by atoms with Gasteiger partial charge in [-0.2, -0.15) is 0 Å². The lowest BCUT2D eigenvalue weighted by Gasteiger charge is -1.99. The van der Waals surface area contributed by atoms with Gasteiger partial charge in [0.25, 0.3) is 0 Å². The van der Waals surface area contributed by atoms with Crippen molar-refractivity contribution in [3.63, 3.8) is 0 Å². The summed E-state index contributed by atoms with van der Waals surface area (Å²) >= 11 is 0. The zero-order valence-electron chi connectivity index (χ0n) is 12.2. The van der Waals surface area contributed by atoms with E-state index in [0.29, 0.717) is 22.8 Å². The molecule has 0 unspecified atom stereocenters. The van der Waals surface area contributed by atoms with Crippen LogP contribution in [0.3, 0.4) is 0 Å². The Labute approximate surface area is 132 Å². The Hall–Kier alpha value is -2.92. The summed E-state index contributed by atoms with van der Waals surface area (Å²) in [5.41, 5.74) is 2.07. The number of aliphatic hydroxyl groups is 1. The highest BCUT2D eigenvalue weighted by atomic mass is 16.7. The van der Waals surface area contributed by atoms with Gasteiger partial charge in [-0.05, 0) is 42.0 Å². The second-order valence-electron chi connectivity index (χ2n) is 5.22. The van der Waals surface area contributed by atoms with Gasteiger partial charge in [0.05, 0.1) is 6.61 Å². The van der Waals surface area contributed by atoms with Gasteiger partial charge in [0, 0.05) is 10.9 Å². The number of benzene rings is 2. The number of hydrogen-bond acceptors (Lipinski definition) is 5. The monoisotopic (exact) mass is 310 g/mol. The fourth-order valence-electron chi connectivity index (χ4n) is 2.63. The van der Waals surface area contributed by atoms with Gasteiger partial charge in [-0.15, -0.1) is 0 Å². The Morgan fingerprint density at radius 2 is 1.91 bits per heavy atom. The molecular formula is C18H14O5. The molecule has 0 fully saturated rings. The van der Waals surface area contributed by atoms with Gasteiger partial charge in [-0.3, -0.25) is 0 Å². The van der Waals surface area contributed by atoms with Crippen LogP contribution >= 0.6 is 0 Å². The van der Waals surface area contributed by atoms with Gasteiger partial charge in [-0.25, -0.2) is 0 Å². The third-order valence-corrected chi connectivity index (χ3v) is 3.69. The summed E-state index contributed by atoms with van der Waals surface area (Å²) in [6, 6.07) is 10.9. The summed E-state index contributed by atoms with van der Waals surface area (Å²) in [7, 11) is 0. The molecule has 2 heterocycles. The van der Waals surface area contributed by atoms with Crippen LogP contribution in [-0.4, -0.2) is 23.6 Å². The van der Waals surface area contributed by atoms with Crippen LogP contribution in [0.2, 0.25) is 0 Å². The standard InChI is InChI=1S/C18H14O5/c19-5-1-2-11-6-13-9-16(23-18(13)14(20)7-11)12-3-4-15-17(8-12)22-10-21-15/h1-4,6-9,19-20H,5,10H2/b2-1+. The van der Waals surface area contributed by atoms with Crippen molar-refractivity contribution in [1.82, 2.24) is 0 Å². The smallest absolute Gasteiger partial charge is 0.231 e. The normalized spacial score (nSPS) is 13.3. The molecule has 1 aromatic heterocycles. The first-order chi connectivity index (χ1) is 11.2. The number of phenolic OH excluding ortho intramolecular Hbond substituents is 1. The van der Waals surface area contributed by atoms with Gasteiger partial charge < -0.3 is 24.1 Å². The van der Waals surface area contributed by atoms with Crippen molar-refractivity contribution in [1.29, 1.82) is 0 Å². The minimum absolute atomic E-state index is 0.0490. The van der Waals surface area contributed by atoms with Crippen molar-refractivity contribution in [2.24, 2.45) is 0 Å². The predicted molar refractivity (Wildman–Crippen MR) is 85.6 cm³/mol. The Balaban J connectivity index is 1.79. The van der Waals surface area contributed by atoms with Crippen LogP contribution < -0.4 is 9.47 Å². The van der Waals surface area contributed by atoms with E-state index in [4.69, 9.17) is 19.0 Å². The fourth-order valence-corrected chi connectivity index (χ4v) is 2.63. The fraction of sp³-hybridized carbons (Fsp3) is 0.111. The maximum atomic E-state index is 10.1. The van der Waals surface area contributed by atoms with Crippen molar-refractivity contribution in [2.75, 3.05) is 13.4 Å². The minimum atomic E-state index is -0.0490. The molecule has 0 radical (unpaired) electrons. The lowest BCUT2D eigenvalue weighted by Crippen LogP contribution is -1.92. The van der Waals surface area contributed by atoms with Crippen LogP contribution in [-0.2, 0) is 0 Å². The molecule has 3 aromatic rings. The molecular weight excluding hydrogens is 296 g/mol. The molecule has 1 aliphatic heterocycles. The van der Waals surface area contributed by atoms with E-state index in [1.165, 1.54) is 0 Å². The summed E-state index contributed by atoms with van der Waals surface area (Å²) in [6.45, 7) is 0.174. The first-order valence-corrected chi connectivity index (χ1v) is 7.18. The number of ether oxygens (including phenoxy) is 2. The van der Waals surface area contributed by atoms with Gasteiger partial charge in [-0.1, -0.05) is 12.2 Å². The molecule has 5 nitrogen and oxygen atoms in total. The zero-order chi connectivity index (χ0) is 15.8. The number of aliphatic hydroxyl groups excluding tert-OH is 1. The van der Waals surface area contributed by atoms with Gasteiger partial charge >= 0.3 is 0 Å². The average molecular weight is 310 g/mol. The largest absolute Gasteiger partial charge is 0.504 e. The van der Waals surface area contributed by atoms with E-state index in [2.05, 4.69) is 0 Å². The first kappa shape index (κ1) is 13.7. The molecule has 0 bridgehead atoms. The molecule has 23 heavy (non-hydrogen) atoms. The highest BCUT2D eigenvalue weighted by Gasteiger charge is 2.16. The first-order valence-electron chi connectivity index (χ1n) is 7.18. The lowest BCUT2D eigenvalue weighted by atomic mass is 10.1. The van der Waals surface area contributed by atoms with Crippen LogP contribution in [0.5, 0.6) is 17.2 Å². The Morgan fingerprint density at radius 3 is 2.78 bits per heavy atom. The Kier molecular flexibility index (Phi) is 3.20. The molecule has 2 aromatic carbocycles. The zero-order valence-corrected chi connectivity index (χ0v) is 12.2. The second-order valence-corrected chi connectivity index (χ2v) is 5.22. The summed E-state index contributed by atoms with van der Waals surface area (Å²) in [5, 5.41) is 19.8. The molecule has 2 N–H and O–H groups in total. The number of fused-ring (bicyclic) bond motifs is 2. The van der Waals surface area contributed by atoms with Crippen molar-refractivity contribution < 1.29 is 24.1 Å². The molecule has 0 spiro atoms. The summed E-state index contributed by atoms with van der Waals surface area (Å²) < 4.78 is 16.5. The van der Waals surface area contributed by atoms with E-state index in [0.717, 1.165) is 16.5 Å². The van der Waals surface area contributed by atoms with Crippen LogP contribution in [0.4, 0.5) is 0 Å². The molecule has 1 aliphatic rings. The lowest BCUT2D eigenvalue weighted by molar-refractivity contribution is 0.174. The van der Waals surface area contributed by atoms with E-state index in [-0.39, 0.29) is 19.1 Å². The third kappa shape index (κ3) is 2.41. The summed E-state index contributed by atoms with van der Waals surface area (Å²) in [6.07, 6.45) is 3.35. The number of rotatable bonds is 3. The Bertz CT molecular complexity index is 907.